The summed E-state index contributed by atoms with van der Waals surface area (Å²) in [5, 5.41) is 7.83. The normalized spacial score (nSPS) is 11.2. The van der Waals surface area contributed by atoms with E-state index in [1.54, 1.807) is 23.0 Å². The maximum atomic E-state index is 12.2. The Balaban J connectivity index is 1.58. The maximum absolute atomic E-state index is 12.2. The topological polar surface area (TPSA) is 69.0 Å². The highest BCUT2D eigenvalue weighted by molar-refractivity contribution is 6.31. The summed E-state index contributed by atoms with van der Waals surface area (Å²) in [5.41, 5.74) is 3.50. The molecule has 0 spiro atoms. The number of hydrogen-bond donors (Lipinski definition) is 1. The van der Waals surface area contributed by atoms with Gasteiger partial charge in [0.2, 0.25) is 11.8 Å². The quantitative estimate of drug-likeness (QED) is 0.544. The molecule has 1 amide bonds. The molecule has 0 aliphatic heterocycles. The van der Waals surface area contributed by atoms with Crippen molar-refractivity contribution in [3.8, 4) is 5.88 Å². The highest BCUT2D eigenvalue weighted by Gasteiger charge is 2.12. The molecule has 1 N–H and O–H groups in total. The maximum Gasteiger partial charge on any atom is 0.244 e. The number of ether oxygens (including phenoxy) is 1. The molecule has 156 valence electrons. The SMILES string of the molecule is Cc1nn(Cc2ccccc2)c(Cl)c1/C=C/C(=O)NCc1ccc(OC(C)C)nc1. The lowest BCUT2D eigenvalue weighted by Crippen LogP contribution is -2.20. The molecule has 0 unspecified atom stereocenters. The first-order chi connectivity index (χ1) is 14.4. The van der Waals surface area contributed by atoms with Crippen LogP contribution in [0.1, 0.15) is 36.2 Å². The van der Waals surface area contributed by atoms with E-state index in [1.807, 2.05) is 57.2 Å². The van der Waals surface area contributed by atoms with Crippen molar-refractivity contribution in [3.05, 3.63) is 82.3 Å². The van der Waals surface area contributed by atoms with Crippen LogP contribution in [-0.4, -0.2) is 26.8 Å². The predicted octanol–water partition coefficient (Wildman–Crippen LogP) is 4.41. The lowest BCUT2D eigenvalue weighted by Gasteiger charge is -2.09. The van der Waals surface area contributed by atoms with E-state index in [4.69, 9.17) is 16.3 Å². The third-order valence-electron chi connectivity index (χ3n) is 4.31. The number of benzene rings is 1. The molecule has 0 radical (unpaired) electrons. The Hall–Kier alpha value is -3.12. The average molecular weight is 425 g/mol. The first kappa shape index (κ1) is 21.6. The van der Waals surface area contributed by atoms with Gasteiger partial charge in [-0.15, -0.1) is 0 Å². The van der Waals surface area contributed by atoms with E-state index in [9.17, 15) is 4.79 Å². The number of pyridine rings is 1. The summed E-state index contributed by atoms with van der Waals surface area (Å²) >= 11 is 6.48. The van der Waals surface area contributed by atoms with Crippen LogP contribution in [0.3, 0.4) is 0 Å². The summed E-state index contributed by atoms with van der Waals surface area (Å²) in [4.78, 5) is 16.4. The Kier molecular flexibility index (Phi) is 7.25. The zero-order valence-corrected chi connectivity index (χ0v) is 18.1. The number of nitrogens with one attached hydrogen (secondary N) is 1. The van der Waals surface area contributed by atoms with Crippen molar-refractivity contribution in [2.45, 2.75) is 40.0 Å². The molecule has 0 aliphatic carbocycles. The van der Waals surface area contributed by atoms with Crippen LogP contribution in [0.4, 0.5) is 0 Å². The number of rotatable bonds is 8. The van der Waals surface area contributed by atoms with E-state index in [2.05, 4.69) is 15.4 Å². The Morgan fingerprint density at radius 2 is 1.97 bits per heavy atom. The van der Waals surface area contributed by atoms with Crippen LogP contribution in [0.2, 0.25) is 5.15 Å². The molecule has 30 heavy (non-hydrogen) atoms. The highest BCUT2D eigenvalue weighted by Crippen LogP contribution is 2.22. The Morgan fingerprint density at radius 3 is 2.63 bits per heavy atom. The van der Waals surface area contributed by atoms with Crippen LogP contribution in [0.15, 0.2) is 54.7 Å². The first-order valence-electron chi connectivity index (χ1n) is 9.76. The van der Waals surface area contributed by atoms with Crippen molar-refractivity contribution in [2.24, 2.45) is 0 Å². The predicted molar refractivity (Wildman–Crippen MR) is 118 cm³/mol. The monoisotopic (exact) mass is 424 g/mol. The van der Waals surface area contributed by atoms with Gasteiger partial charge >= 0.3 is 0 Å². The van der Waals surface area contributed by atoms with Gasteiger partial charge in [-0.2, -0.15) is 5.10 Å². The van der Waals surface area contributed by atoms with Gasteiger partial charge < -0.3 is 10.1 Å². The van der Waals surface area contributed by atoms with E-state index in [-0.39, 0.29) is 12.0 Å². The van der Waals surface area contributed by atoms with Gasteiger partial charge in [-0.3, -0.25) is 4.79 Å². The van der Waals surface area contributed by atoms with Gasteiger partial charge in [0, 0.05) is 30.4 Å². The molecule has 3 rings (SSSR count). The smallest absolute Gasteiger partial charge is 0.244 e. The largest absolute Gasteiger partial charge is 0.475 e. The average Bonchev–Trinajstić information content (AvgIpc) is 2.99. The number of amides is 1. The lowest BCUT2D eigenvalue weighted by atomic mass is 10.2. The van der Waals surface area contributed by atoms with Crippen molar-refractivity contribution in [1.82, 2.24) is 20.1 Å². The number of hydrogen-bond acceptors (Lipinski definition) is 4. The third kappa shape index (κ3) is 5.94. The van der Waals surface area contributed by atoms with Gasteiger partial charge in [0.15, 0.2) is 0 Å². The van der Waals surface area contributed by atoms with Crippen molar-refractivity contribution >= 4 is 23.6 Å². The van der Waals surface area contributed by atoms with Crippen LogP contribution in [0.25, 0.3) is 6.08 Å². The van der Waals surface area contributed by atoms with Crippen molar-refractivity contribution in [2.75, 3.05) is 0 Å². The fourth-order valence-electron chi connectivity index (χ4n) is 2.85. The molecule has 3 aromatic rings. The zero-order valence-electron chi connectivity index (χ0n) is 17.3. The summed E-state index contributed by atoms with van der Waals surface area (Å²) in [5.74, 6) is 0.349. The Bertz CT molecular complexity index is 1010. The van der Waals surface area contributed by atoms with E-state index in [1.165, 1.54) is 6.08 Å². The summed E-state index contributed by atoms with van der Waals surface area (Å²) in [6.07, 6.45) is 4.92. The van der Waals surface area contributed by atoms with Gasteiger partial charge in [0.05, 0.1) is 18.3 Å². The summed E-state index contributed by atoms with van der Waals surface area (Å²) in [7, 11) is 0. The van der Waals surface area contributed by atoms with Gasteiger partial charge in [-0.05, 0) is 38.0 Å². The van der Waals surface area contributed by atoms with Gasteiger partial charge in [-0.1, -0.05) is 48.0 Å². The van der Waals surface area contributed by atoms with Crippen LogP contribution in [0.5, 0.6) is 5.88 Å². The number of halogens is 1. The molecule has 0 saturated heterocycles. The number of carbonyl (C=O) groups is 1. The van der Waals surface area contributed by atoms with Crippen molar-refractivity contribution < 1.29 is 9.53 Å². The molecule has 0 aliphatic rings. The second-order valence-corrected chi connectivity index (χ2v) is 7.51. The minimum Gasteiger partial charge on any atom is -0.475 e. The van der Waals surface area contributed by atoms with Crippen LogP contribution < -0.4 is 10.1 Å². The second-order valence-electron chi connectivity index (χ2n) is 7.16. The molecular weight excluding hydrogens is 400 g/mol. The zero-order chi connectivity index (χ0) is 21.5. The number of nitrogens with zero attached hydrogens (tertiary/aromatic N) is 3. The minimum atomic E-state index is -0.219. The summed E-state index contributed by atoms with van der Waals surface area (Å²) in [6.45, 7) is 6.71. The molecule has 0 atom stereocenters. The first-order valence-corrected chi connectivity index (χ1v) is 10.1. The molecule has 6 nitrogen and oxygen atoms in total. The molecular formula is C23H25ClN4O2. The Labute approximate surface area is 181 Å². The van der Waals surface area contributed by atoms with Crippen LogP contribution in [0, 0.1) is 6.92 Å². The number of aryl methyl sites for hydroxylation is 1. The fourth-order valence-corrected chi connectivity index (χ4v) is 3.15. The van der Waals surface area contributed by atoms with Crippen molar-refractivity contribution in [3.63, 3.8) is 0 Å². The van der Waals surface area contributed by atoms with E-state index < -0.39 is 0 Å². The van der Waals surface area contributed by atoms with Crippen LogP contribution in [-0.2, 0) is 17.9 Å². The molecule has 2 aromatic heterocycles. The lowest BCUT2D eigenvalue weighted by molar-refractivity contribution is -0.116. The summed E-state index contributed by atoms with van der Waals surface area (Å²) in [6, 6.07) is 13.6. The van der Waals surface area contributed by atoms with Gasteiger partial charge in [0.1, 0.15) is 5.15 Å². The molecule has 7 heteroatoms. The number of aromatic nitrogens is 3. The molecule has 1 aromatic carbocycles. The minimum absolute atomic E-state index is 0.0699. The fraction of sp³-hybridized carbons (Fsp3) is 0.261. The van der Waals surface area contributed by atoms with E-state index in [0.717, 1.165) is 22.4 Å². The highest BCUT2D eigenvalue weighted by atomic mass is 35.5. The standard InChI is InChI=1S/C23H25ClN4O2/c1-16(2)30-22-12-9-19(14-26-22)13-25-21(29)11-10-20-17(3)27-28(23(20)24)15-18-7-5-4-6-8-18/h4-12,14,16H,13,15H2,1-3H3,(H,25,29)/b11-10+. The van der Waals surface area contributed by atoms with Crippen LogP contribution >= 0.6 is 11.6 Å². The molecule has 2 heterocycles. The number of carbonyl (C=O) groups excluding carboxylic acids is 1. The van der Waals surface area contributed by atoms with Gasteiger partial charge in [-0.25, -0.2) is 9.67 Å². The van der Waals surface area contributed by atoms with E-state index in [0.29, 0.717) is 24.1 Å². The molecule has 0 saturated carbocycles. The second kappa shape index (κ2) is 10.1. The van der Waals surface area contributed by atoms with E-state index >= 15 is 0 Å². The Morgan fingerprint density at radius 1 is 1.20 bits per heavy atom. The molecule has 0 fully saturated rings. The summed E-state index contributed by atoms with van der Waals surface area (Å²) < 4.78 is 7.25. The van der Waals surface area contributed by atoms with Crippen molar-refractivity contribution in [1.29, 1.82) is 0 Å². The third-order valence-corrected chi connectivity index (χ3v) is 4.71. The van der Waals surface area contributed by atoms with Gasteiger partial charge in [0.25, 0.3) is 0 Å². The molecule has 0 bridgehead atoms.